The van der Waals surface area contributed by atoms with E-state index in [0.29, 0.717) is 41.6 Å². The second kappa shape index (κ2) is 13.5. The Morgan fingerprint density at radius 2 is 1.55 bits per heavy atom. The molecule has 0 aliphatic rings. The SMILES string of the molecule is COc1ccc(CNC(=O)c2cnc(Nc3cccc(OC)c3)nc2Cc2cccc(NC(=O)OC(C)(C)C)c2)cc1. The number of benzene rings is 3. The van der Waals surface area contributed by atoms with Crippen LogP contribution in [-0.4, -0.2) is 41.8 Å². The molecular weight excluding hydrogens is 534 g/mol. The zero-order valence-corrected chi connectivity index (χ0v) is 24.4. The highest BCUT2D eigenvalue weighted by Crippen LogP contribution is 2.22. The number of ether oxygens (including phenoxy) is 3. The average molecular weight is 570 g/mol. The van der Waals surface area contributed by atoms with Gasteiger partial charge in [0.05, 0.1) is 25.5 Å². The minimum Gasteiger partial charge on any atom is -0.497 e. The molecule has 42 heavy (non-hydrogen) atoms. The summed E-state index contributed by atoms with van der Waals surface area (Å²) in [5.74, 6) is 1.44. The van der Waals surface area contributed by atoms with Crippen LogP contribution in [0.1, 0.15) is 48.0 Å². The van der Waals surface area contributed by atoms with E-state index >= 15 is 0 Å². The van der Waals surface area contributed by atoms with E-state index in [1.165, 1.54) is 6.20 Å². The quantitative estimate of drug-likeness (QED) is 0.209. The molecule has 0 saturated heterocycles. The van der Waals surface area contributed by atoms with E-state index in [0.717, 1.165) is 22.6 Å². The molecule has 1 heterocycles. The van der Waals surface area contributed by atoms with Gasteiger partial charge < -0.3 is 24.8 Å². The van der Waals surface area contributed by atoms with Crippen molar-refractivity contribution in [2.24, 2.45) is 0 Å². The first kappa shape index (κ1) is 29.9. The molecule has 3 N–H and O–H groups in total. The highest BCUT2D eigenvalue weighted by atomic mass is 16.6. The molecule has 0 radical (unpaired) electrons. The second-order valence-electron chi connectivity index (χ2n) is 10.4. The predicted molar refractivity (Wildman–Crippen MR) is 162 cm³/mol. The summed E-state index contributed by atoms with van der Waals surface area (Å²) in [4.78, 5) is 34.7. The molecule has 10 heteroatoms. The molecule has 4 rings (SSSR count). The number of hydrogen-bond acceptors (Lipinski definition) is 8. The van der Waals surface area contributed by atoms with Crippen molar-refractivity contribution in [2.75, 3.05) is 24.9 Å². The Balaban J connectivity index is 1.58. The lowest BCUT2D eigenvalue weighted by molar-refractivity contribution is 0.0635. The summed E-state index contributed by atoms with van der Waals surface area (Å²) < 4.78 is 15.9. The van der Waals surface area contributed by atoms with E-state index in [9.17, 15) is 9.59 Å². The van der Waals surface area contributed by atoms with Crippen molar-refractivity contribution in [3.8, 4) is 11.5 Å². The topological polar surface area (TPSA) is 124 Å². The Morgan fingerprint density at radius 1 is 0.833 bits per heavy atom. The molecule has 0 unspecified atom stereocenters. The molecule has 0 aliphatic heterocycles. The molecule has 0 fully saturated rings. The van der Waals surface area contributed by atoms with Gasteiger partial charge in [-0.25, -0.2) is 14.8 Å². The highest BCUT2D eigenvalue weighted by molar-refractivity contribution is 5.95. The summed E-state index contributed by atoms with van der Waals surface area (Å²) in [6.07, 6.45) is 1.27. The lowest BCUT2D eigenvalue weighted by Gasteiger charge is -2.19. The van der Waals surface area contributed by atoms with Gasteiger partial charge in [-0.15, -0.1) is 0 Å². The third kappa shape index (κ3) is 8.69. The van der Waals surface area contributed by atoms with Crippen molar-refractivity contribution in [1.29, 1.82) is 0 Å². The number of carbonyl (C=O) groups is 2. The molecule has 0 bridgehead atoms. The summed E-state index contributed by atoms with van der Waals surface area (Å²) in [5, 5.41) is 8.89. The number of carbonyl (C=O) groups excluding carboxylic acids is 2. The van der Waals surface area contributed by atoms with Crippen LogP contribution in [0.2, 0.25) is 0 Å². The first-order chi connectivity index (χ1) is 20.1. The Labute approximate surface area is 245 Å². The molecule has 0 saturated carbocycles. The number of anilines is 3. The molecule has 0 aliphatic carbocycles. The maximum absolute atomic E-state index is 13.3. The number of amides is 2. The average Bonchev–Trinajstić information content (AvgIpc) is 2.95. The zero-order valence-electron chi connectivity index (χ0n) is 24.4. The lowest BCUT2D eigenvalue weighted by Crippen LogP contribution is -2.27. The molecular formula is C32H35N5O5. The Kier molecular flexibility index (Phi) is 9.59. The van der Waals surface area contributed by atoms with Gasteiger partial charge in [0.25, 0.3) is 5.91 Å². The van der Waals surface area contributed by atoms with Crippen molar-refractivity contribution < 1.29 is 23.8 Å². The summed E-state index contributed by atoms with van der Waals surface area (Å²) in [6, 6.07) is 22.2. The fraction of sp³-hybridized carbons (Fsp3) is 0.250. The van der Waals surface area contributed by atoms with E-state index in [2.05, 4.69) is 20.9 Å². The molecule has 10 nitrogen and oxygen atoms in total. The standard InChI is InChI=1S/C32H35N5O5/c1-32(2,3)42-31(39)36-23-9-6-8-22(16-23)17-28-27(29(38)33-19-21-12-14-25(40-4)15-13-21)20-34-30(37-28)35-24-10-7-11-26(18-24)41-5/h6-16,18,20H,17,19H2,1-5H3,(H,33,38)(H,36,39)(H,34,35,37). The Bertz CT molecular complexity index is 1530. The van der Waals surface area contributed by atoms with Crippen molar-refractivity contribution >= 4 is 29.3 Å². The molecule has 2 amide bonds. The van der Waals surface area contributed by atoms with Crippen LogP contribution < -0.4 is 25.4 Å². The van der Waals surface area contributed by atoms with Crippen LogP contribution in [0.15, 0.2) is 79.0 Å². The molecule has 1 aromatic heterocycles. The number of nitrogens with zero attached hydrogens (tertiary/aromatic N) is 2. The van der Waals surface area contributed by atoms with Crippen molar-refractivity contribution in [2.45, 2.75) is 39.3 Å². The van der Waals surface area contributed by atoms with Gasteiger partial charge in [-0.3, -0.25) is 10.1 Å². The number of aromatic nitrogens is 2. The van der Waals surface area contributed by atoms with Gasteiger partial charge in [0.15, 0.2) is 0 Å². The largest absolute Gasteiger partial charge is 0.497 e. The monoisotopic (exact) mass is 569 g/mol. The lowest BCUT2D eigenvalue weighted by atomic mass is 10.0. The van der Waals surface area contributed by atoms with Crippen LogP contribution in [0.25, 0.3) is 0 Å². The predicted octanol–water partition coefficient (Wildman–Crippen LogP) is 6.11. The van der Waals surface area contributed by atoms with E-state index in [1.54, 1.807) is 41.1 Å². The van der Waals surface area contributed by atoms with Gasteiger partial charge in [0, 0.05) is 36.6 Å². The summed E-state index contributed by atoms with van der Waals surface area (Å²) in [7, 11) is 3.20. The van der Waals surface area contributed by atoms with Crippen LogP contribution in [-0.2, 0) is 17.7 Å². The Morgan fingerprint density at radius 3 is 2.26 bits per heavy atom. The van der Waals surface area contributed by atoms with Gasteiger partial charge in [0.2, 0.25) is 5.95 Å². The van der Waals surface area contributed by atoms with Gasteiger partial charge in [-0.2, -0.15) is 0 Å². The van der Waals surface area contributed by atoms with E-state index in [4.69, 9.17) is 19.2 Å². The number of rotatable bonds is 10. The van der Waals surface area contributed by atoms with E-state index < -0.39 is 11.7 Å². The van der Waals surface area contributed by atoms with Gasteiger partial charge in [-0.05, 0) is 68.3 Å². The summed E-state index contributed by atoms with van der Waals surface area (Å²) in [6.45, 7) is 5.73. The summed E-state index contributed by atoms with van der Waals surface area (Å²) >= 11 is 0. The van der Waals surface area contributed by atoms with Crippen LogP contribution in [0.5, 0.6) is 11.5 Å². The number of nitrogens with one attached hydrogen (secondary N) is 3. The normalized spacial score (nSPS) is 10.9. The van der Waals surface area contributed by atoms with Crippen molar-refractivity contribution in [3.63, 3.8) is 0 Å². The first-order valence-electron chi connectivity index (χ1n) is 13.4. The molecule has 0 atom stereocenters. The van der Waals surface area contributed by atoms with E-state index in [1.807, 2.05) is 66.7 Å². The number of methoxy groups -OCH3 is 2. The summed E-state index contributed by atoms with van der Waals surface area (Å²) in [5.41, 5.74) is 3.28. The van der Waals surface area contributed by atoms with Crippen molar-refractivity contribution in [1.82, 2.24) is 15.3 Å². The minimum atomic E-state index is -0.622. The first-order valence-corrected chi connectivity index (χ1v) is 13.4. The fourth-order valence-corrected chi connectivity index (χ4v) is 4.03. The third-order valence-corrected chi connectivity index (χ3v) is 5.99. The van der Waals surface area contributed by atoms with Gasteiger partial charge >= 0.3 is 6.09 Å². The zero-order chi connectivity index (χ0) is 30.1. The molecule has 0 spiro atoms. The van der Waals surface area contributed by atoms with Crippen molar-refractivity contribution in [3.05, 3.63) is 101 Å². The maximum Gasteiger partial charge on any atom is 0.412 e. The van der Waals surface area contributed by atoms with Crippen LogP contribution in [0.3, 0.4) is 0 Å². The minimum absolute atomic E-state index is 0.309. The Hall–Kier alpha value is -5.12. The third-order valence-electron chi connectivity index (χ3n) is 5.99. The van der Waals surface area contributed by atoms with E-state index in [-0.39, 0.29) is 5.91 Å². The number of hydrogen-bond donors (Lipinski definition) is 3. The van der Waals surface area contributed by atoms with Crippen LogP contribution in [0.4, 0.5) is 22.1 Å². The van der Waals surface area contributed by atoms with Crippen LogP contribution >= 0.6 is 0 Å². The van der Waals surface area contributed by atoms with Gasteiger partial charge in [0.1, 0.15) is 17.1 Å². The van der Waals surface area contributed by atoms with Crippen LogP contribution in [0, 0.1) is 0 Å². The smallest absolute Gasteiger partial charge is 0.412 e. The fourth-order valence-electron chi connectivity index (χ4n) is 4.03. The molecule has 4 aromatic rings. The second-order valence-corrected chi connectivity index (χ2v) is 10.4. The molecule has 218 valence electrons. The van der Waals surface area contributed by atoms with Gasteiger partial charge in [-0.1, -0.05) is 30.3 Å². The highest BCUT2D eigenvalue weighted by Gasteiger charge is 2.18. The maximum atomic E-state index is 13.3. The molecule has 3 aromatic carbocycles.